The number of aliphatic hydroxyl groups is 1. The molecule has 340 valence electrons. The van der Waals surface area contributed by atoms with Crippen LogP contribution in [-0.4, -0.2) is 144 Å². The number of benzene rings is 1. The molecule has 0 spiro atoms. The predicted molar refractivity (Wildman–Crippen MR) is 221 cm³/mol. The van der Waals surface area contributed by atoms with Gasteiger partial charge >= 0.3 is 12.1 Å². The molecule has 3 saturated heterocycles. The molecular weight excluding hydrogens is 793 g/mol. The lowest BCUT2D eigenvalue weighted by molar-refractivity contribution is -0.295. The molecule has 5 rings (SSSR count). The number of Topliss-reactive ketones (excluding diaryl/α,β-unsaturated/α-hetero) is 1. The molecule has 13 atom stereocenters. The minimum Gasteiger partial charge on any atom is -0.497 e. The number of carbonyl (C=O) groups is 4. The number of likely N-dealkylation sites (N-methyl/N-ethyl adjacent to an activating group) is 1. The van der Waals surface area contributed by atoms with Crippen LogP contribution < -0.4 is 15.5 Å². The van der Waals surface area contributed by atoms with E-state index in [9.17, 15) is 24.3 Å². The van der Waals surface area contributed by atoms with Gasteiger partial charge in [-0.3, -0.25) is 14.4 Å². The number of ether oxygens (including phenoxy) is 6. The largest absolute Gasteiger partial charge is 0.497 e. The number of hydrogen-bond donors (Lipinski definition) is 3. The fourth-order valence-electron chi connectivity index (χ4n) is 9.02. The Morgan fingerprint density at radius 3 is 2.36 bits per heavy atom. The first kappa shape index (κ1) is 47.8. The number of aryl methyl sites for hydroxylation is 1. The number of ketones is 1. The minimum absolute atomic E-state index is 0.0748. The Morgan fingerprint density at radius 1 is 1.05 bits per heavy atom. The van der Waals surface area contributed by atoms with Crippen LogP contribution in [0.1, 0.15) is 87.0 Å². The maximum absolute atomic E-state index is 14.4. The first-order valence-electron chi connectivity index (χ1n) is 21.3. The van der Waals surface area contributed by atoms with E-state index in [1.54, 1.807) is 48.7 Å². The molecule has 1 aromatic carbocycles. The molecule has 0 aliphatic carbocycles. The third kappa shape index (κ3) is 10.4. The van der Waals surface area contributed by atoms with Crippen molar-refractivity contribution in [2.45, 2.75) is 148 Å². The molecule has 2 aromatic rings. The van der Waals surface area contributed by atoms with E-state index in [1.165, 1.54) is 19.0 Å². The van der Waals surface area contributed by atoms with Crippen LogP contribution in [0, 0.1) is 17.8 Å². The quantitative estimate of drug-likeness (QED) is 0.158. The fraction of sp³-hybridized carbons (Fsp3) is 0.721. The normalized spacial score (nSPS) is 35.5. The summed E-state index contributed by atoms with van der Waals surface area (Å²) in [5, 5.41) is 19.9. The van der Waals surface area contributed by atoms with E-state index >= 15 is 0 Å². The summed E-state index contributed by atoms with van der Waals surface area (Å²) in [6.07, 6.45) is -3.58. The van der Waals surface area contributed by atoms with Crippen molar-refractivity contribution in [2.24, 2.45) is 17.8 Å². The fourth-order valence-corrected chi connectivity index (χ4v) is 9.02. The molecule has 3 N–H and O–H groups in total. The number of fused-ring (bicyclic) bond motifs is 1. The zero-order valence-corrected chi connectivity index (χ0v) is 37.6. The SMILES string of the molecule is CC[C@@H]1OC(=O)[C@H](C)C(=O)[C@@H](C)[C@@H](O[C@@H]2O[C@H](C)C[C@H](N(C)C)[C@H]2O)[C@@](C)(OC)C[C@@H](C)C(=O)NC(C)[C@H]2N(NCCCc3nc(-c4ccc(OC)cc4)no3)C(=O)O[C@]12C. The Labute approximate surface area is 358 Å². The third-order valence-corrected chi connectivity index (χ3v) is 12.6. The van der Waals surface area contributed by atoms with Gasteiger partial charge in [0.05, 0.1) is 31.0 Å². The van der Waals surface area contributed by atoms with Gasteiger partial charge in [-0.2, -0.15) is 4.98 Å². The van der Waals surface area contributed by atoms with Gasteiger partial charge in [-0.25, -0.2) is 15.2 Å². The first-order chi connectivity index (χ1) is 28.8. The van der Waals surface area contributed by atoms with Crippen LogP contribution in [-0.2, 0) is 44.5 Å². The summed E-state index contributed by atoms with van der Waals surface area (Å²) in [6, 6.07) is 5.37. The number of methoxy groups -OCH3 is 2. The van der Waals surface area contributed by atoms with Crippen LogP contribution in [0.5, 0.6) is 5.75 Å². The van der Waals surface area contributed by atoms with Crippen LogP contribution in [0.25, 0.3) is 11.4 Å². The molecule has 0 bridgehead atoms. The van der Waals surface area contributed by atoms with E-state index < -0.39 is 83.5 Å². The van der Waals surface area contributed by atoms with Crippen molar-refractivity contribution >= 4 is 23.8 Å². The lowest BCUT2D eigenvalue weighted by atomic mass is 9.78. The van der Waals surface area contributed by atoms with Crippen LogP contribution in [0.2, 0.25) is 0 Å². The maximum Gasteiger partial charge on any atom is 0.425 e. The van der Waals surface area contributed by atoms with Gasteiger partial charge in [-0.05, 0) is 98.7 Å². The summed E-state index contributed by atoms with van der Waals surface area (Å²) >= 11 is 0. The van der Waals surface area contributed by atoms with E-state index in [4.69, 9.17) is 32.9 Å². The van der Waals surface area contributed by atoms with Gasteiger partial charge in [-0.1, -0.05) is 25.9 Å². The van der Waals surface area contributed by atoms with Gasteiger partial charge in [-0.15, -0.1) is 0 Å². The molecule has 0 radical (unpaired) electrons. The summed E-state index contributed by atoms with van der Waals surface area (Å²) < 4.78 is 41.7. The molecule has 18 heteroatoms. The number of esters is 1. The van der Waals surface area contributed by atoms with Gasteiger partial charge in [0, 0.05) is 43.5 Å². The van der Waals surface area contributed by atoms with Crippen LogP contribution >= 0.6 is 0 Å². The zero-order valence-electron chi connectivity index (χ0n) is 37.6. The van der Waals surface area contributed by atoms with Crippen molar-refractivity contribution in [1.29, 1.82) is 0 Å². The van der Waals surface area contributed by atoms with Gasteiger partial charge in [0.1, 0.15) is 29.9 Å². The van der Waals surface area contributed by atoms with Crippen LogP contribution in [0.15, 0.2) is 28.8 Å². The topological polar surface area (TPSA) is 213 Å². The smallest absolute Gasteiger partial charge is 0.425 e. The number of nitrogens with zero attached hydrogens (tertiary/aromatic N) is 4. The number of hydrogen-bond acceptors (Lipinski definition) is 16. The molecule has 1 unspecified atom stereocenters. The maximum atomic E-state index is 14.4. The first-order valence-corrected chi connectivity index (χ1v) is 21.3. The number of nitrogens with one attached hydrogen (secondary N) is 2. The Kier molecular flexibility index (Phi) is 15.6. The summed E-state index contributed by atoms with van der Waals surface area (Å²) in [5.41, 5.74) is 1.17. The van der Waals surface area contributed by atoms with Crippen LogP contribution in [0.3, 0.4) is 0 Å². The minimum atomic E-state index is -1.47. The Morgan fingerprint density at radius 2 is 1.74 bits per heavy atom. The molecule has 3 fully saturated rings. The van der Waals surface area contributed by atoms with Crippen molar-refractivity contribution in [1.82, 2.24) is 30.8 Å². The number of carbonyl (C=O) groups excluding carboxylic acids is 4. The summed E-state index contributed by atoms with van der Waals surface area (Å²) in [7, 11) is 6.78. The highest BCUT2D eigenvalue weighted by molar-refractivity contribution is 6.00. The molecule has 1 aromatic heterocycles. The molecule has 18 nitrogen and oxygen atoms in total. The van der Waals surface area contributed by atoms with Gasteiger partial charge in [0.15, 0.2) is 17.7 Å². The molecule has 4 heterocycles. The molecule has 3 aliphatic heterocycles. The molecule has 2 amide bonds. The van der Waals surface area contributed by atoms with Gasteiger partial charge in [0.2, 0.25) is 17.6 Å². The van der Waals surface area contributed by atoms with E-state index in [-0.39, 0.29) is 37.4 Å². The van der Waals surface area contributed by atoms with Crippen molar-refractivity contribution < 1.29 is 57.2 Å². The Bertz CT molecular complexity index is 1830. The van der Waals surface area contributed by atoms with E-state index in [0.717, 1.165) is 5.56 Å². The lowest BCUT2D eigenvalue weighted by Crippen LogP contribution is -2.63. The Hall–Kier alpha value is -4.20. The van der Waals surface area contributed by atoms with Crippen LogP contribution in [0.4, 0.5) is 4.79 Å². The second-order valence-electron chi connectivity index (χ2n) is 17.4. The van der Waals surface area contributed by atoms with E-state index in [0.29, 0.717) is 36.7 Å². The molecule has 3 aliphatic rings. The highest BCUT2D eigenvalue weighted by atomic mass is 16.7. The van der Waals surface area contributed by atoms with Crippen molar-refractivity contribution in [2.75, 3.05) is 34.9 Å². The van der Waals surface area contributed by atoms with E-state index in [1.807, 2.05) is 50.2 Å². The molecular formula is C43H66N6O12. The van der Waals surface area contributed by atoms with Crippen molar-refractivity contribution in [3.63, 3.8) is 0 Å². The molecule has 61 heavy (non-hydrogen) atoms. The number of amides is 2. The second kappa shape index (κ2) is 19.9. The van der Waals surface area contributed by atoms with Gasteiger partial charge in [0.25, 0.3) is 0 Å². The second-order valence-corrected chi connectivity index (χ2v) is 17.4. The summed E-state index contributed by atoms with van der Waals surface area (Å²) in [4.78, 5) is 62.7. The number of rotatable bonds is 12. The number of aromatic nitrogens is 2. The standard InChI is InChI=1S/C43H66N6O12/c1-13-31-43(8)35(49(41(54)60-43)44-20-14-15-32-46-37(47-61-32)28-16-18-29(55-11)19-17-28)27(6)45-38(52)23(2)22-42(7,56-12)36(25(4)33(50)26(5)39(53)58-31)59-40-34(51)30(48(9)10)21-24(3)57-40/h16-19,23-27,30-31,34-36,40,44,51H,13-15,20-22H2,1-12H3,(H,45,52)/t23-,24-,25-,26-,27?,30+,31+,34-,35-,36-,40+,42+,43-/m1/s1. The monoisotopic (exact) mass is 858 g/mol. The predicted octanol–water partition coefficient (Wildman–Crippen LogP) is 3.69. The zero-order chi connectivity index (χ0) is 45.0. The summed E-state index contributed by atoms with van der Waals surface area (Å²) in [5.74, 6) is -3.10. The Balaban J connectivity index is 1.39. The lowest BCUT2D eigenvalue weighted by Gasteiger charge is -2.46. The van der Waals surface area contributed by atoms with Crippen molar-refractivity contribution in [3.8, 4) is 17.1 Å². The molecule has 0 saturated carbocycles. The average molecular weight is 859 g/mol. The summed E-state index contributed by atoms with van der Waals surface area (Å²) in [6.45, 7) is 14.0. The van der Waals surface area contributed by atoms with Crippen molar-refractivity contribution in [3.05, 3.63) is 30.2 Å². The van der Waals surface area contributed by atoms with E-state index in [2.05, 4.69) is 20.9 Å². The van der Waals surface area contributed by atoms with Gasteiger partial charge < -0.3 is 48.3 Å². The third-order valence-electron chi connectivity index (χ3n) is 12.6. The highest BCUT2D eigenvalue weighted by Crippen LogP contribution is 2.39. The number of cyclic esters (lactones) is 1. The number of hydrazine groups is 1. The number of aliphatic hydroxyl groups excluding tert-OH is 1. The highest BCUT2D eigenvalue weighted by Gasteiger charge is 2.59. The average Bonchev–Trinajstić information content (AvgIpc) is 3.81.